The standard InChI is InChI=1S/C15H14ClN3OS/c1-8(20)17-6-11-3-10-4-13(16)12(5-14(10)19-11)15-7-21-9(2)18-15/h3-5,7,19H,6H2,1-2H3,(H,17,20). The molecule has 0 radical (unpaired) electrons. The summed E-state index contributed by atoms with van der Waals surface area (Å²) in [4.78, 5) is 18.8. The van der Waals surface area contributed by atoms with Gasteiger partial charge in [0.25, 0.3) is 0 Å². The van der Waals surface area contributed by atoms with E-state index < -0.39 is 0 Å². The summed E-state index contributed by atoms with van der Waals surface area (Å²) in [6.07, 6.45) is 0. The number of carbonyl (C=O) groups excluding carboxylic acids is 1. The van der Waals surface area contributed by atoms with Crippen LogP contribution >= 0.6 is 22.9 Å². The Labute approximate surface area is 131 Å². The minimum atomic E-state index is -0.0506. The van der Waals surface area contributed by atoms with Gasteiger partial charge in [-0.2, -0.15) is 0 Å². The van der Waals surface area contributed by atoms with Crippen molar-refractivity contribution < 1.29 is 4.79 Å². The minimum Gasteiger partial charge on any atom is -0.357 e. The van der Waals surface area contributed by atoms with Gasteiger partial charge in [0, 0.05) is 34.5 Å². The first-order valence-electron chi connectivity index (χ1n) is 6.51. The van der Waals surface area contributed by atoms with E-state index in [-0.39, 0.29) is 5.91 Å². The lowest BCUT2D eigenvalue weighted by atomic mass is 10.1. The second-order valence-corrected chi connectivity index (χ2v) is 6.34. The Hall–Kier alpha value is -1.85. The van der Waals surface area contributed by atoms with Crippen molar-refractivity contribution in [3.8, 4) is 11.3 Å². The molecule has 0 atom stereocenters. The van der Waals surface area contributed by atoms with E-state index in [4.69, 9.17) is 11.6 Å². The van der Waals surface area contributed by atoms with Crippen LogP contribution in [0.1, 0.15) is 17.6 Å². The summed E-state index contributed by atoms with van der Waals surface area (Å²) in [6, 6.07) is 5.92. The Kier molecular flexibility index (Phi) is 3.69. The number of hydrogen-bond acceptors (Lipinski definition) is 3. The van der Waals surface area contributed by atoms with Gasteiger partial charge in [-0.1, -0.05) is 11.6 Å². The van der Waals surface area contributed by atoms with Crippen molar-refractivity contribution in [1.29, 1.82) is 0 Å². The molecule has 2 N–H and O–H groups in total. The summed E-state index contributed by atoms with van der Waals surface area (Å²) in [5, 5.41) is 7.49. The molecular formula is C15H14ClN3OS. The summed E-state index contributed by atoms with van der Waals surface area (Å²) in [5.74, 6) is -0.0506. The lowest BCUT2D eigenvalue weighted by Crippen LogP contribution is -2.18. The van der Waals surface area contributed by atoms with Crippen LogP contribution in [0.5, 0.6) is 0 Å². The maximum absolute atomic E-state index is 11.0. The molecule has 0 spiro atoms. The smallest absolute Gasteiger partial charge is 0.217 e. The number of thiazole rings is 1. The van der Waals surface area contributed by atoms with Gasteiger partial charge < -0.3 is 10.3 Å². The third kappa shape index (κ3) is 2.94. The van der Waals surface area contributed by atoms with Crippen molar-refractivity contribution in [3.05, 3.63) is 39.3 Å². The Morgan fingerprint density at radius 3 is 2.90 bits per heavy atom. The van der Waals surface area contributed by atoms with Gasteiger partial charge in [-0.3, -0.25) is 4.79 Å². The zero-order chi connectivity index (χ0) is 15.0. The fourth-order valence-electron chi connectivity index (χ4n) is 2.21. The van der Waals surface area contributed by atoms with Crippen LogP contribution in [0.2, 0.25) is 5.02 Å². The van der Waals surface area contributed by atoms with E-state index >= 15 is 0 Å². The molecule has 0 fully saturated rings. The quantitative estimate of drug-likeness (QED) is 0.769. The summed E-state index contributed by atoms with van der Waals surface area (Å²) >= 11 is 7.97. The predicted octanol–water partition coefficient (Wildman–Crippen LogP) is 3.89. The van der Waals surface area contributed by atoms with Crippen LogP contribution in [0.3, 0.4) is 0 Å². The van der Waals surface area contributed by atoms with Crippen molar-refractivity contribution in [1.82, 2.24) is 15.3 Å². The number of carbonyl (C=O) groups is 1. The molecule has 2 aromatic heterocycles. The van der Waals surface area contributed by atoms with Gasteiger partial charge in [-0.15, -0.1) is 11.3 Å². The highest BCUT2D eigenvalue weighted by Gasteiger charge is 2.10. The minimum absolute atomic E-state index is 0.0506. The molecule has 0 aliphatic rings. The summed E-state index contributed by atoms with van der Waals surface area (Å²) in [7, 11) is 0. The molecule has 108 valence electrons. The molecule has 4 nitrogen and oxygen atoms in total. The first-order chi connectivity index (χ1) is 10.0. The second-order valence-electron chi connectivity index (χ2n) is 4.88. The zero-order valence-corrected chi connectivity index (χ0v) is 13.2. The lowest BCUT2D eigenvalue weighted by molar-refractivity contribution is -0.119. The van der Waals surface area contributed by atoms with E-state index in [1.54, 1.807) is 11.3 Å². The van der Waals surface area contributed by atoms with E-state index in [0.29, 0.717) is 11.6 Å². The fraction of sp³-hybridized carbons (Fsp3) is 0.200. The molecule has 21 heavy (non-hydrogen) atoms. The van der Waals surface area contributed by atoms with Gasteiger partial charge >= 0.3 is 0 Å². The van der Waals surface area contributed by atoms with Crippen molar-refractivity contribution in [2.75, 3.05) is 0 Å². The van der Waals surface area contributed by atoms with Gasteiger partial charge in [-0.05, 0) is 25.1 Å². The van der Waals surface area contributed by atoms with Crippen LogP contribution in [-0.4, -0.2) is 15.9 Å². The molecule has 1 amide bonds. The van der Waals surface area contributed by atoms with Crippen molar-refractivity contribution >= 4 is 39.7 Å². The first kappa shape index (κ1) is 14.1. The topological polar surface area (TPSA) is 57.8 Å². The van der Waals surface area contributed by atoms with Crippen LogP contribution in [0.25, 0.3) is 22.2 Å². The number of amides is 1. The van der Waals surface area contributed by atoms with E-state index in [1.807, 2.05) is 30.5 Å². The predicted molar refractivity (Wildman–Crippen MR) is 86.7 cm³/mol. The number of aromatic amines is 1. The van der Waals surface area contributed by atoms with Crippen LogP contribution in [-0.2, 0) is 11.3 Å². The average Bonchev–Trinajstić information content (AvgIpc) is 3.01. The maximum Gasteiger partial charge on any atom is 0.217 e. The molecular weight excluding hydrogens is 306 g/mol. The molecule has 3 aromatic rings. The van der Waals surface area contributed by atoms with Crippen LogP contribution in [0, 0.1) is 6.92 Å². The molecule has 0 aliphatic carbocycles. The zero-order valence-electron chi connectivity index (χ0n) is 11.7. The number of rotatable bonds is 3. The molecule has 3 rings (SSSR count). The molecule has 1 aromatic carbocycles. The normalized spacial score (nSPS) is 11.0. The van der Waals surface area contributed by atoms with E-state index in [2.05, 4.69) is 15.3 Å². The van der Waals surface area contributed by atoms with Crippen molar-refractivity contribution in [2.24, 2.45) is 0 Å². The van der Waals surface area contributed by atoms with Crippen LogP contribution < -0.4 is 5.32 Å². The Morgan fingerprint density at radius 2 is 2.24 bits per heavy atom. The van der Waals surface area contributed by atoms with Gasteiger partial charge in [-0.25, -0.2) is 4.98 Å². The second kappa shape index (κ2) is 5.50. The molecule has 0 unspecified atom stereocenters. The van der Waals surface area contributed by atoms with Gasteiger partial charge in [0.2, 0.25) is 5.91 Å². The summed E-state index contributed by atoms with van der Waals surface area (Å²) < 4.78 is 0. The number of aryl methyl sites for hydroxylation is 1. The largest absolute Gasteiger partial charge is 0.357 e. The fourth-order valence-corrected chi connectivity index (χ4v) is 3.09. The number of nitrogens with zero attached hydrogens (tertiary/aromatic N) is 1. The number of fused-ring (bicyclic) bond motifs is 1. The number of H-pyrrole nitrogens is 1. The van der Waals surface area contributed by atoms with Gasteiger partial charge in [0.1, 0.15) is 0 Å². The number of halogens is 1. The third-order valence-electron chi connectivity index (χ3n) is 3.19. The monoisotopic (exact) mass is 319 g/mol. The highest BCUT2D eigenvalue weighted by Crippen LogP contribution is 2.32. The molecule has 0 saturated carbocycles. The van der Waals surface area contributed by atoms with E-state index in [9.17, 15) is 4.79 Å². The molecule has 6 heteroatoms. The highest BCUT2D eigenvalue weighted by molar-refractivity contribution is 7.09. The number of hydrogen-bond donors (Lipinski definition) is 2. The van der Waals surface area contributed by atoms with E-state index in [0.717, 1.165) is 32.9 Å². The molecule has 0 saturated heterocycles. The van der Waals surface area contributed by atoms with Crippen molar-refractivity contribution in [2.45, 2.75) is 20.4 Å². The lowest BCUT2D eigenvalue weighted by Gasteiger charge is -2.01. The third-order valence-corrected chi connectivity index (χ3v) is 4.27. The van der Waals surface area contributed by atoms with Crippen LogP contribution in [0.4, 0.5) is 0 Å². The van der Waals surface area contributed by atoms with Gasteiger partial charge in [0.15, 0.2) is 0 Å². The summed E-state index contributed by atoms with van der Waals surface area (Å²) in [6.45, 7) is 3.95. The molecule has 0 aliphatic heterocycles. The molecule has 0 bridgehead atoms. The average molecular weight is 320 g/mol. The highest BCUT2D eigenvalue weighted by atomic mass is 35.5. The molecule has 2 heterocycles. The Morgan fingerprint density at radius 1 is 1.43 bits per heavy atom. The maximum atomic E-state index is 11.0. The van der Waals surface area contributed by atoms with Gasteiger partial charge in [0.05, 0.1) is 22.3 Å². The first-order valence-corrected chi connectivity index (χ1v) is 7.77. The Balaban J connectivity index is 2.00. The number of benzene rings is 1. The number of aromatic nitrogens is 2. The van der Waals surface area contributed by atoms with E-state index in [1.165, 1.54) is 6.92 Å². The number of nitrogens with one attached hydrogen (secondary N) is 2. The Bertz CT molecular complexity index is 822. The summed E-state index contributed by atoms with van der Waals surface area (Å²) in [5.41, 5.74) is 3.74. The van der Waals surface area contributed by atoms with Crippen LogP contribution in [0.15, 0.2) is 23.6 Å². The SMILES string of the molecule is CC(=O)NCc1cc2cc(Cl)c(-c3csc(C)n3)cc2[nH]1. The van der Waals surface area contributed by atoms with Crippen molar-refractivity contribution in [3.63, 3.8) is 0 Å².